The number of hydrogen-bond acceptors (Lipinski definition) is 4. The Morgan fingerprint density at radius 3 is 2.53 bits per heavy atom. The van der Waals surface area contributed by atoms with Gasteiger partial charge in [0.15, 0.2) is 0 Å². The predicted molar refractivity (Wildman–Crippen MR) is 73.8 cm³/mol. The second kappa shape index (κ2) is 5.90. The van der Waals surface area contributed by atoms with Gasteiger partial charge in [-0.1, -0.05) is 0 Å². The Morgan fingerprint density at radius 2 is 2.00 bits per heavy atom. The van der Waals surface area contributed by atoms with Gasteiger partial charge in [-0.25, -0.2) is 12.7 Å². The fourth-order valence-electron chi connectivity index (χ4n) is 2.01. The number of ether oxygens (including phenoxy) is 1. The lowest BCUT2D eigenvalue weighted by Gasteiger charge is -2.14. The van der Waals surface area contributed by atoms with E-state index in [9.17, 15) is 8.42 Å². The Labute approximate surface area is 114 Å². The number of nitrogens with zero attached hydrogens (tertiary/aromatic N) is 1. The molecule has 1 unspecified atom stereocenters. The van der Waals surface area contributed by atoms with Crippen molar-refractivity contribution in [2.75, 3.05) is 27.2 Å². The maximum Gasteiger partial charge on any atom is 0.242 e. The van der Waals surface area contributed by atoms with Crippen LogP contribution in [0.5, 0.6) is 5.75 Å². The fraction of sp³-hybridized carbons (Fsp3) is 0.538. The summed E-state index contributed by atoms with van der Waals surface area (Å²) in [4.78, 5) is 0.281. The average Bonchev–Trinajstić information content (AvgIpc) is 2.90. The summed E-state index contributed by atoms with van der Waals surface area (Å²) in [5.74, 6) is 0.700. The van der Waals surface area contributed by atoms with E-state index in [-0.39, 0.29) is 4.90 Å². The van der Waals surface area contributed by atoms with E-state index >= 15 is 0 Å². The molecule has 1 aliphatic heterocycles. The first-order valence-electron chi connectivity index (χ1n) is 6.39. The van der Waals surface area contributed by atoms with Crippen molar-refractivity contribution in [3.05, 3.63) is 24.3 Å². The molecule has 1 heterocycles. The van der Waals surface area contributed by atoms with Crippen LogP contribution in [0.25, 0.3) is 0 Å². The number of rotatable bonds is 5. The maximum atomic E-state index is 11.9. The van der Waals surface area contributed by atoms with Crippen molar-refractivity contribution in [3.8, 4) is 5.75 Å². The van der Waals surface area contributed by atoms with Gasteiger partial charge < -0.3 is 10.1 Å². The Bertz CT molecular complexity index is 505. The Kier molecular flexibility index (Phi) is 4.44. The molecule has 1 aromatic rings. The summed E-state index contributed by atoms with van der Waals surface area (Å²) >= 11 is 0. The summed E-state index contributed by atoms with van der Waals surface area (Å²) in [6.07, 6.45) is 2.32. The molecular weight excluding hydrogens is 264 g/mol. The van der Waals surface area contributed by atoms with Crippen molar-refractivity contribution in [3.63, 3.8) is 0 Å². The molecule has 0 aromatic heterocycles. The molecule has 0 saturated carbocycles. The van der Waals surface area contributed by atoms with E-state index < -0.39 is 10.0 Å². The van der Waals surface area contributed by atoms with Crippen LogP contribution >= 0.6 is 0 Å². The zero-order valence-corrected chi connectivity index (χ0v) is 12.1. The van der Waals surface area contributed by atoms with Crippen molar-refractivity contribution < 1.29 is 13.2 Å². The molecule has 0 radical (unpaired) electrons. The summed E-state index contributed by atoms with van der Waals surface area (Å²) in [5.41, 5.74) is 0. The smallest absolute Gasteiger partial charge is 0.242 e. The van der Waals surface area contributed by atoms with E-state index in [4.69, 9.17) is 4.74 Å². The normalized spacial score (nSPS) is 19.8. The number of nitrogens with one attached hydrogen (secondary N) is 1. The lowest BCUT2D eigenvalue weighted by molar-refractivity contribution is 0.277. The Morgan fingerprint density at radius 1 is 1.32 bits per heavy atom. The van der Waals surface area contributed by atoms with Crippen molar-refractivity contribution in [2.45, 2.75) is 23.8 Å². The van der Waals surface area contributed by atoms with Gasteiger partial charge in [0.1, 0.15) is 12.4 Å². The van der Waals surface area contributed by atoms with Crippen LogP contribution < -0.4 is 10.1 Å². The van der Waals surface area contributed by atoms with Crippen LogP contribution in [0.4, 0.5) is 0 Å². The third-order valence-corrected chi connectivity index (χ3v) is 5.05. The monoisotopic (exact) mass is 284 g/mol. The second-order valence-corrected chi connectivity index (χ2v) is 7.01. The van der Waals surface area contributed by atoms with Crippen LogP contribution in [-0.2, 0) is 10.0 Å². The van der Waals surface area contributed by atoms with Crippen LogP contribution in [-0.4, -0.2) is 46.0 Å². The molecule has 1 N–H and O–H groups in total. The molecular formula is C13H20N2O3S. The summed E-state index contributed by atoms with van der Waals surface area (Å²) in [6, 6.07) is 6.96. The molecule has 1 atom stereocenters. The first kappa shape index (κ1) is 14.3. The number of sulfonamides is 1. The lowest BCUT2D eigenvalue weighted by Crippen LogP contribution is -2.28. The van der Waals surface area contributed by atoms with Crippen LogP contribution in [0.2, 0.25) is 0 Å². The minimum Gasteiger partial charge on any atom is -0.492 e. The van der Waals surface area contributed by atoms with E-state index in [0.717, 1.165) is 13.0 Å². The van der Waals surface area contributed by atoms with E-state index in [1.807, 2.05) is 0 Å². The topological polar surface area (TPSA) is 58.6 Å². The molecule has 0 bridgehead atoms. The van der Waals surface area contributed by atoms with E-state index in [1.165, 1.54) is 24.8 Å². The summed E-state index contributed by atoms with van der Waals surface area (Å²) in [7, 11) is -0.320. The molecule has 0 aliphatic carbocycles. The van der Waals surface area contributed by atoms with Gasteiger partial charge >= 0.3 is 0 Å². The van der Waals surface area contributed by atoms with Crippen LogP contribution in [0.3, 0.4) is 0 Å². The van der Waals surface area contributed by atoms with E-state index in [0.29, 0.717) is 18.4 Å². The largest absolute Gasteiger partial charge is 0.492 e. The van der Waals surface area contributed by atoms with Crippen LogP contribution in [0.15, 0.2) is 29.2 Å². The van der Waals surface area contributed by atoms with Crippen LogP contribution in [0.1, 0.15) is 12.8 Å². The molecule has 5 nitrogen and oxygen atoms in total. The standard InChI is InChI=1S/C13H20N2O3S/c1-15(2)19(16,17)13-7-5-12(6-8-13)18-10-11-4-3-9-14-11/h5-8,11,14H,3-4,9-10H2,1-2H3. The minimum absolute atomic E-state index is 0.281. The average molecular weight is 284 g/mol. The van der Waals surface area contributed by atoms with Gasteiger partial charge in [0, 0.05) is 20.1 Å². The minimum atomic E-state index is -3.36. The Balaban J connectivity index is 1.98. The van der Waals surface area contributed by atoms with Crippen molar-refractivity contribution in [1.29, 1.82) is 0 Å². The van der Waals surface area contributed by atoms with Gasteiger partial charge in [0.05, 0.1) is 4.90 Å². The van der Waals surface area contributed by atoms with Gasteiger partial charge in [-0.15, -0.1) is 0 Å². The van der Waals surface area contributed by atoms with Crippen molar-refractivity contribution >= 4 is 10.0 Å². The molecule has 1 aromatic carbocycles. The van der Waals surface area contributed by atoms with Crippen molar-refractivity contribution in [2.24, 2.45) is 0 Å². The molecule has 0 amide bonds. The highest BCUT2D eigenvalue weighted by Crippen LogP contribution is 2.18. The number of benzene rings is 1. The van der Waals surface area contributed by atoms with Gasteiger partial charge in [0.2, 0.25) is 10.0 Å². The molecule has 19 heavy (non-hydrogen) atoms. The molecule has 2 rings (SSSR count). The molecule has 0 spiro atoms. The van der Waals surface area contributed by atoms with E-state index in [1.54, 1.807) is 24.3 Å². The summed E-state index contributed by atoms with van der Waals surface area (Å²) < 4.78 is 30.6. The predicted octanol–water partition coefficient (Wildman–Crippen LogP) is 1.07. The van der Waals surface area contributed by atoms with Crippen LogP contribution in [0, 0.1) is 0 Å². The van der Waals surface area contributed by atoms with Gasteiger partial charge in [-0.3, -0.25) is 0 Å². The highest BCUT2D eigenvalue weighted by molar-refractivity contribution is 7.89. The fourth-order valence-corrected chi connectivity index (χ4v) is 2.92. The first-order valence-corrected chi connectivity index (χ1v) is 7.83. The van der Waals surface area contributed by atoms with Gasteiger partial charge in [0.25, 0.3) is 0 Å². The SMILES string of the molecule is CN(C)S(=O)(=O)c1ccc(OCC2CCCN2)cc1. The molecule has 1 saturated heterocycles. The molecule has 1 fully saturated rings. The highest BCUT2D eigenvalue weighted by atomic mass is 32.2. The summed E-state index contributed by atoms with van der Waals surface area (Å²) in [5, 5.41) is 3.35. The van der Waals surface area contributed by atoms with E-state index in [2.05, 4.69) is 5.32 Å². The molecule has 1 aliphatic rings. The second-order valence-electron chi connectivity index (χ2n) is 4.86. The quantitative estimate of drug-likeness (QED) is 0.878. The highest BCUT2D eigenvalue weighted by Gasteiger charge is 2.17. The van der Waals surface area contributed by atoms with Crippen molar-refractivity contribution in [1.82, 2.24) is 9.62 Å². The lowest BCUT2D eigenvalue weighted by atomic mass is 10.2. The van der Waals surface area contributed by atoms with Gasteiger partial charge in [-0.2, -0.15) is 0 Å². The molecule has 106 valence electrons. The molecule has 6 heteroatoms. The zero-order chi connectivity index (χ0) is 13.9. The summed E-state index contributed by atoms with van der Waals surface area (Å²) in [6.45, 7) is 1.67. The third-order valence-electron chi connectivity index (χ3n) is 3.22. The maximum absolute atomic E-state index is 11.9. The zero-order valence-electron chi connectivity index (χ0n) is 11.3. The third kappa shape index (κ3) is 3.46. The first-order chi connectivity index (χ1) is 9.00. The van der Waals surface area contributed by atoms with Gasteiger partial charge in [-0.05, 0) is 43.7 Å². The Hall–Kier alpha value is -1.11. The number of hydrogen-bond donors (Lipinski definition) is 1.